The molecule has 0 aliphatic heterocycles. The van der Waals surface area contributed by atoms with Gasteiger partial charge in [-0.15, -0.1) is 11.3 Å². The predicted molar refractivity (Wildman–Crippen MR) is 104 cm³/mol. The highest BCUT2D eigenvalue weighted by atomic mass is 32.1. The average Bonchev–Trinajstić information content (AvgIpc) is 3.36. The van der Waals surface area contributed by atoms with Crippen LogP contribution in [0.2, 0.25) is 0 Å². The Morgan fingerprint density at radius 1 is 1.35 bits per heavy atom. The summed E-state index contributed by atoms with van der Waals surface area (Å²) in [5.41, 5.74) is 2.77. The Balaban J connectivity index is 1.47. The lowest BCUT2D eigenvalue weighted by Crippen LogP contribution is -2.15. The van der Waals surface area contributed by atoms with Crippen molar-refractivity contribution in [1.29, 1.82) is 0 Å². The van der Waals surface area contributed by atoms with E-state index in [0.29, 0.717) is 6.61 Å². The number of ether oxygens (including phenoxy) is 1. The molecule has 0 saturated heterocycles. The molecule has 0 N–H and O–H groups in total. The van der Waals surface area contributed by atoms with E-state index < -0.39 is 0 Å². The van der Waals surface area contributed by atoms with E-state index >= 15 is 0 Å². The SMILES string of the molecule is CC(COc1ccc2c(c1)CCC(=Cc1cccs1)C2=O)n1ccnc1. The molecule has 5 heteroatoms. The minimum Gasteiger partial charge on any atom is -0.491 e. The number of carbonyl (C=O) groups excluding carboxylic acids is 1. The summed E-state index contributed by atoms with van der Waals surface area (Å²) in [7, 11) is 0. The predicted octanol–water partition coefficient (Wildman–Crippen LogP) is 4.80. The van der Waals surface area contributed by atoms with Crippen molar-refractivity contribution < 1.29 is 9.53 Å². The van der Waals surface area contributed by atoms with Gasteiger partial charge in [0.15, 0.2) is 5.78 Å². The number of aromatic nitrogens is 2. The average molecular weight is 364 g/mol. The van der Waals surface area contributed by atoms with Gasteiger partial charge in [-0.25, -0.2) is 4.98 Å². The number of allylic oxidation sites excluding steroid dienone is 1. The van der Waals surface area contributed by atoms with Gasteiger partial charge in [-0.2, -0.15) is 0 Å². The monoisotopic (exact) mass is 364 g/mol. The molecule has 26 heavy (non-hydrogen) atoms. The summed E-state index contributed by atoms with van der Waals surface area (Å²) in [4.78, 5) is 18.0. The molecular formula is C21H20N2O2S. The van der Waals surface area contributed by atoms with Gasteiger partial charge in [0.2, 0.25) is 0 Å². The molecule has 1 aromatic carbocycles. The molecule has 3 aromatic rings. The zero-order valence-corrected chi connectivity index (χ0v) is 15.4. The van der Waals surface area contributed by atoms with Gasteiger partial charge in [0.25, 0.3) is 0 Å². The molecule has 0 radical (unpaired) electrons. The van der Waals surface area contributed by atoms with Gasteiger partial charge in [-0.1, -0.05) is 6.07 Å². The number of Topliss-reactive ketones (excluding diaryl/α,β-unsaturated/α-hetero) is 1. The Kier molecular flexibility index (Phi) is 4.71. The van der Waals surface area contributed by atoms with Crippen LogP contribution in [0.5, 0.6) is 5.75 Å². The normalized spacial score (nSPS) is 16.5. The van der Waals surface area contributed by atoms with E-state index in [2.05, 4.69) is 11.9 Å². The molecule has 4 nitrogen and oxygen atoms in total. The van der Waals surface area contributed by atoms with Crippen LogP contribution in [0, 0.1) is 0 Å². The molecule has 0 fully saturated rings. The second-order valence-corrected chi connectivity index (χ2v) is 7.48. The van der Waals surface area contributed by atoms with Crippen LogP contribution in [0.1, 0.15) is 40.2 Å². The summed E-state index contributed by atoms with van der Waals surface area (Å²) < 4.78 is 7.95. The first-order valence-corrected chi connectivity index (χ1v) is 9.60. The molecule has 2 aromatic heterocycles. The zero-order valence-electron chi connectivity index (χ0n) is 14.6. The standard InChI is InChI=1S/C21H20N2O2S/c1-15(23-9-8-22-14-23)13-25-18-6-7-20-16(11-18)4-5-17(21(20)24)12-19-3-2-10-26-19/h2-3,6-12,14-15H,4-5,13H2,1H3. The molecule has 2 heterocycles. The van der Waals surface area contributed by atoms with Crippen molar-refractivity contribution in [2.45, 2.75) is 25.8 Å². The zero-order chi connectivity index (χ0) is 17.9. The molecule has 1 aliphatic rings. The first kappa shape index (κ1) is 16.8. The number of imidazole rings is 1. The molecule has 4 rings (SSSR count). The number of hydrogen-bond donors (Lipinski definition) is 0. The lowest BCUT2D eigenvalue weighted by molar-refractivity contribution is 0.102. The summed E-state index contributed by atoms with van der Waals surface area (Å²) in [5.74, 6) is 0.951. The van der Waals surface area contributed by atoms with E-state index in [-0.39, 0.29) is 11.8 Å². The van der Waals surface area contributed by atoms with Gasteiger partial charge in [0, 0.05) is 28.4 Å². The van der Waals surface area contributed by atoms with Crippen LogP contribution in [0.4, 0.5) is 0 Å². The molecule has 1 atom stereocenters. The molecule has 1 unspecified atom stereocenters. The van der Waals surface area contributed by atoms with Crippen LogP contribution >= 0.6 is 11.3 Å². The lowest BCUT2D eigenvalue weighted by Gasteiger charge is -2.19. The van der Waals surface area contributed by atoms with Crippen LogP contribution in [0.25, 0.3) is 6.08 Å². The number of benzene rings is 1. The van der Waals surface area contributed by atoms with Gasteiger partial charge >= 0.3 is 0 Å². The maximum Gasteiger partial charge on any atom is 0.189 e. The number of ketones is 1. The highest BCUT2D eigenvalue weighted by Crippen LogP contribution is 2.30. The van der Waals surface area contributed by atoms with Crippen LogP contribution < -0.4 is 4.74 Å². The van der Waals surface area contributed by atoms with Crippen molar-refractivity contribution in [3.05, 3.63) is 76.0 Å². The number of hydrogen-bond acceptors (Lipinski definition) is 4. The Labute approximate surface area is 156 Å². The molecule has 0 bridgehead atoms. The van der Waals surface area contributed by atoms with E-state index in [4.69, 9.17) is 4.74 Å². The Hall–Kier alpha value is -2.66. The third kappa shape index (κ3) is 3.48. The molecular weight excluding hydrogens is 344 g/mol. The van der Waals surface area contributed by atoms with Crippen LogP contribution in [0.15, 0.2) is 60.0 Å². The summed E-state index contributed by atoms with van der Waals surface area (Å²) in [5, 5.41) is 2.03. The Morgan fingerprint density at radius 3 is 3.04 bits per heavy atom. The second-order valence-electron chi connectivity index (χ2n) is 6.50. The highest BCUT2D eigenvalue weighted by Gasteiger charge is 2.22. The Bertz CT molecular complexity index is 927. The summed E-state index contributed by atoms with van der Waals surface area (Å²) in [6.07, 6.45) is 9.16. The van der Waals surface area contributed by atoms with E-state index in [1.807, 2.05) is 52.6 Å². The van der Waals surface area contributed by atoms with Gasteiger partial charge in [-0.3, -0.25) is 4.79 Å². The second kappa shape index (κ2) is 7.30. The van der Waals surface area contributed by atoms with E-state index in [0.717, 1.165) is 40.2 Å². The minimum absolute atomic E-state index is 0.137. The van der Waals surface area contributed by atoms with Crippen LogP contribution in [-0.2, 0) is 6.42 Å². The smallest absolute Gasteiger partial charge is 0.189 e. The number of rotatable bonds is 5. The summed E-state index contributed by atoms with van der Waals surface area (Å²) in [6.45, 7) is 2.65. The molecule has 0 spiro atoms. The van der Waals surface area contributed by atoms with Gasteiger partial charge in [0.05, 0.1) is 12.4 Å². The maximum atomic E-state index is 12.8. The number of carbonyl (C=O) groups is 1. The summed E-state index contributed by atoms with van der Waals surface area (Å²) >= 11 is 1.66. The van der Waals surface area contributed by atoms with E-state index in [1.165, 1.54) is 0 Å². The van der Waals surface area contributed by atoms with Crippen molar-refractivity contribution in [3.63, 3.8) is 0 Å². The molecule has 1 aliphatic carbocycles. The summed E-state index contributed by atoms with van der Waals surface area (Å²) in [6, 6.07) is 10.1. The molecule has 0 saturated carbocycles. The van der Waals surface area contributed by atoms with E-state index in [1.54, 1.807) is 23.9 Å². The first-order valence-electron chi connectivity index (χ1n) is 8.72. The fourth-order valence-electron chi connectivity index (χ4n) is 3.16. The van der Waals surface area contributed by atoms with Crippen molar-refractivity contribution >= 4 is 23.2 Å². The molecule has 0 amide bonds. The number of nitrogens with zero attached hydrogens (tertiary/aromatic N) is 2. The quantitative estimate of drug-likeness (QED) is 0.611. The van der Waals surface area contributed by atoms with E-state index in [9.17, 15) is 4.79 Å². The van der Waals surface area contributed by atoms with Crippen LogP contribution in [-0.4, -0.2) is 21.9 Å². The third-order valence-electron chi connectivity index (χ3n) is 4.66. The van der Waals surface area contributed by atoms with Crippen molar-refractivity contribution in [3.8, 4) is 5.75 Å². The van der Waals surface area contributed by atoms with Crippen molar-refractivity contribution in [1.82, 2.24) is 9.55 Å². The lowest BCUT2D eigenvalue weighted by atomic mass is 9.86. The van der Waals surface area contributed by atoms with Crippen molar-refractivity contribution in [2.75, 3.05) is 6.61 Å². The van der Waals surface area contributed by atoms with Gasteiger partial charge < -0.3 is 9.30 Å². The minimum atomic E-state index is 0.137. The number of thiophene rings is 1. The number of fused-ring (bicyclic) bond motifs is 1. The Morgan fingerprint density at radius 2 is 2.27 bits per heavy atom. The largest absolute Gasteiger partial charge is 0.491 e. The maximum absolute atomic E-state index is 12.8. The van der Waals surface area contributed by atoms with Gasteiger partial charge in [-0.05, 0) is 61.1 Å². The molecule has 132 valence electrons. The topological polar surface area (TPSA) is 44.1 Å². The highest BCUT2D eigenvalue weighted by molar-refractivity contribution is 7.10. The van der Waals surface area contributed by atoms with Gasteiger partial charge in [0.1, 0.15) is 12.4 Å². The first-order chi connectivity index (χ1) is 12.7. The number of aryl methyl sites for hydroxylation is 1. The fourth-order valence-corrected chi connectivity index (χ4v) is 3.84. The van der Waals surface area contributed by atoms with Crippen LogP contribution in [0.3, 0.4) is 0 Å². The third-order valence-corrected chi connectivity index (χ3v) is 5.48. The van der Waals surface area contributed by atoms with Crippen molar-refractivity contribution in [2.24, 2.45) is 0 Å². The fraction of sp³-hybridized carbons (Fsp3) is 0.238.